The monoisotopic (exact) mass is 528 g/mol. The highest BCUT2D eigenvalue weighted by molar-refractivity contribution is 7.26. The second kappa shape index (κ2) is 8.08. The predicted octanol–water partition coefficient (Wildman–Crippen LogP) is 10.6. The van der Waals surface area contributed by atoms with Gasteiger partial charge in [0.25, 0.3) is 0 Å². The van der Waals surface area contributed by atoms with E-state index in [9.17, 15) is 0 Å². The van der Waals surface area contributed by atoms with E-state index in [4.69, 9.17) is 0 Å². The minimum atomic E-state index is 1.18. The van der Waals surface area contributed by atoms with E-state index >= 15 is 0 Å². The van der Waals surface area contributed by atoms with Crippen LogP contribution in [0.5, 0.6) is 0 Å². The highest BCUT2D eigenvalue weighted by atomic mass is 32.1. The Hall–Kier alpha value is -4.86. The van der Waals surface area contributed by atoms with Gasteiger partial charge in [0.1, 0.15) is 0 Å². The topological polar surface area (TPSA) is 9.86 Å². The largest absolute Gasteiger partial charge is 0.309 e. The van der Waals surface area contributed by atoms with Crippen molar-refractivity contribution in [2.45, 2.75) is 6.92 Å². The van der Waals surface area contributed by atoms with Crippen LogP contribution in [0.4, 0.5) is 0 Å². The van der Waals surface area contributed by atoms with Crippen molar-refractivity contribution >= 4 is 75.1 Å². The van der Waals surface area contributed by atoms with Crippen LogP contribution in [-0.4, -0.2) is 9.13 Å². The Morgan fingerprint density at radius 2 is 1.05 bits per heavy atom. The number of nitrogens with zero attached hydrogens (tertiary/aromatic N) is 2. The van der Waals surface area contributed by atoms with Gasteiger partial charge in [-0.25, -0.2) is 0 Å². The van der Waals surface area contributed by atoms with E-state index in [-0.39, 0.29) is 0 Å². The summed E-state index contributed by atoms with van der Waals surface area (Å²) in [7, 11) is 0. The van der Waals surface area contributed by atoms with E-state index in [1.54, 1.807) is 0 Å². The first-order valence-corrected chi connectivity index (χ1v) is 14.5. The Labute approximate surface area is 234 Å². The fourth-order valence-electron chi connectivity index (χ4n) is 6.63. The molecular formula is C37H24N2S. The molecule has 9 rings (SSSR count). The lowest BCUT2D eigenvalue weighted by atomic mass is 10.1. The molecule has 6 aromatic carbocycles. The average Bonchev–Trinajstić information content (AvgIpc) is 3.64. The van der Waals surface area contributed by atoms with Gasteiger partial charge in [-0.2, -0.15) is 0 Å². The normalized spacial score (nSPS) is 12.1. The number of para-hydroxylation sites is 3. The van der Waals surface area contributed by atoms with Gasteiger partial charge in [-0.15, -0.1) is 11.3 Å². The van der Waals surface area contributed by atoms with Crippen LogP contribution < -0.4 is 0 Å². The third kappa shape index (κ3) is 2.93. The molecule has 0 aliphatic heterocycles. The number of thiophene rings is 1. The highest BCUT2D eigenvalue weighted by Crippen LogP contribution is 2.42. The Bertz CT molecular complexity index is 2400. The maximum atomic E-state index is 2.46. The molecule has 0 spiro atoms. The number of hydrogen-bond acceptors (Lipinski definition) is 1. The lowest BCUT2D eigenvalue weighted by Crippen LogP contribution is -1.96. The molecule has 0 amide bonds. The van der Waals surface area contributed by atoms with Gasteiger partial charge in [-0.3, -0.25) is 0 Å². The molecule has 0 saturated heterocycles. The van der Waals surface area contributed by atoms with Gasteiger partial charge in [0.2, 0.25) is 0 Å². The summed E-state index contributed by atoms with van der Waals surface area (Å²) in [5, 5.41) is 7.78. The van der Waals surface area contributed by atoms with Crippen LogP contribution in [0.25, 0.3) is 75.2 Å². The second-order valence-corrected chi connectivity index (χ2v) is 11.7. The van der Waals surface area contributed by atoms with E-state index in [0.717, 1.165) is 0 Å². The zero-order valence-electron chi connectivity index (χ0n) is 21.9. The number of rotatable bonds is 2. The molecule has 3 heterocycles. The molecule has 2 nitrogen and oxygen atoms in total. The van der Waals surface area contributed by atoms with Crippen LogP contribution in [0, 0.1) is 6.92 Å². The molecule has 40 heavy (non-hydrogen) atoms. The smallest absolute Gasteiger partial charge is 0.0640 e. The molecule has 0 atom stereocenters. The van der Waals surface area contributed by atoms with Gasteiger partial charge >= 0.3 is 0 Å². The fraction of sp³-hybridized carbons (Fsp3) is 0.0270. The molecule has 0 aliphatic rings. The summed E-state index contributed by atoms with van der Waals surface area (Å²) in [6.07, 6.45) is 0. The summed E-state index contributed by atoms with van der Waals surface area (Å²) in [6.45, 7) is 2.18. The standard InChI is InChI=1S/C37H24N2S/c1-23-17-20-36-30(21-23)28-12-8-16-35(37(28)40-36)39-33-15-7-4-11-27(33)29-22-24(18-19-34(29)39)38-31-13-5-2-9-25(31)26-10-3-6-14-32(26)38/h2-22H,1H3. The van der Waals surface area contributed by atoms with Crippen molar-refractivity contribution in [2.24, 2.45) is 0 Å². The molecular weight excluding hydrogens is 504 g/mol. The molecule has 3 aromatic heterocycles. The number of fused-ring (bicyclic) bond motifs is 9. The summed E-state index contributed by atoms with van der Waals surface area (Å²) >= 11 is 1.89. The Kier molecular flexibility index (Phi) is 4.44. The number of aromatic nitrogens is 2. The van der Waals surface area contributed by atoms with Crippen molar-refractivity contribution in [1.29, 1.82) is 0 Å². The fourth-order valence-corrected chi connectivity index (χ4v) is 7.82. The summed E-state index contributed by atoms with van der Waals surface area (Å²) in [6, 6.07) is 46.8. The van der Waals surface area contributed by atoms with Gasteiger partial charge in [0, 0.05) is 42.7 Å². The van der Waals surface area contributed by atoms with Crippen molar-refractivity contribution in [3.8, 4) is 11.4 Å². The number of hydrogen-bond donors (Lipinski definition) is 0. The molecule has 0 fully saturated rings. The van der Waals surface area contributed by atoms with Crippen LogP contribution in [0.15, 0.2) is 127 Å². The quantitative estimate of drug-likeness (QED) is 0.211. The first-order valence-electron chi connectivity index (χ1n) is 13.7. The lowest BCUT2D eigenvalue weighted by molar-refractivity contribution is 1.17. The van der Waals surface area contributed by atoms with Crippen molar-refractivity contribution in [3.63, 3.8) is 0 Å². The molecule has 188 valence electrons. The van der Waals surface area contributed by atoms with E-state index in [1.807, 2.05) is 11.3 Å². The van der Waals surface area contributed by atoms with Crippen molar-refractivity contribution in [3.05, 3.63) is 133 Å². The third-order valence-electron chi connectivity index (χ3n) is 8.37. The van der Waals surface area contributed by atoms with Gasteiger partial charge in [-0.05, 0) is 61.5 Å². The molecule has 0 unspecified atom stereocenters. The van der Waals surface area contributed by atoms with Gasteiger partial charge < -0.3 is 9.13 Å². The minimum Gasteiger partial charge on any atom is -0.309 e. The van der Waals surface area contributed by atoms with Gasteiger partial charge in [0.15, 0.2) is 0 Å². The predicted molar refractivity (Wildman–Crippen MR) is 173 cm³/mol. The molecule has 9 aromatic rings. The van der Waals surface area contributed by atoms with Crippen LogP contribution in [-0.2, 0) is 0 Å². The second-order valence-electron chi connectivity index (χ2n) is 10.7. The van der Waals surface area contributed by atoms with E-state index < -0.39 is 0 Å². The molecule has 0 radical (unpaired) electrons. The summed E-state index contributed by atoms with van der Waals surface area (Å²) in [4.78, 5) is 0. The maximum absolute atomic E-state index is 2.46. The summed E-state index contributed by atoms with van der Waals surface area (Å²) in [5.41, 5.74) is 8.65. The average molecular weight is 529 g/mol. The molecule has 0 saturated carbocycles. The molecule has 0 aliphatic carbocycles. The van der Waals surface area contributed by atoms with Crippen molar-refractivity contribution < 1.29 is 0 Å². The van der Waals surface area contributed by atoms with E-state index in [0.29, 0.717) is 0 Å². The van der Waals surface area contributed by atoms with Crippen LogP contribution in [0.1, 0.15) is 5.56 Å². The van der Waals surface area contributed by atoms with Crippen molar-refractivity contribution in [2.75, 3.05) is 0 Å². The first kappa shape index (κ1) is 22.0. The zero-order chi connectivity index (χ0) is 26.4. The summed E-state index contributed by atoms with van der Waals surface area (Å²) in [5.74, 6) is 0. The summed E-state index contributed by atoms with van der Waals surface area (Å²) < 4.78 is 7.54. The van der Waals surface area contributed by atoms with Gasteiger partial charge in [0.05, 0.1) is 32.5 Å². The zero-order valence-corrected chi connectivity index (χ0v) is 22.7. The lowest BCUT2D eigenvalue weighted by Gasteiger charge is -2.11. The Balaban J connectivity index is 1.37. The SMILES string of the molecule is Cc1ccc2sc3c(-n4c5ccccc5c5cc(-n6c7ccccc7c7ccccc76)ccc54)cccc3c2c1. The van der Waals surface area contributed by atoms with E-state index in [1.165, 1.54) is 80.7 Å². The third-order valence-corrected chi connectivity index (χ3v) is 9.58. The Morgan fingerprint density at radius 1 is 0.450 bits per heavy atom. The van der Waals surface area contributed by atoms with Crippen LogP contribution in [0.2, 0.25) is 0 Å². The maximum Gasteiger partial charge on any atom is 0.0640 e. The highest BCUT2D eigenvalue weighted by Gasteiger charge is 2.18. The van der Waals surface area contributed by atoms with Gasteiger partial charge in [-0.1, -0.05) is 78.4 Å². The minimum absolute atomic E-state index is 1.18. The van der Waals surface area contributed by atoms with Crippen LogP contribution >= 0.6 is 11.3 Å². The molecule has 3 heteroatoms. The molecule has 0 bridgehead atoms. The molecule has 0 N–H and O–H groups in total. The van der Waals surface area contributed by atoms with Crippen molar-refractivity contribution in [1.82, 2.24) is 9.13 Å². The van der Waals surface area contributed by atoms with Crippen LogP contribution in [0.3, 0.4) is 0 Å². The first-order chi connectivity index (χ1) is 19.8. The van der Waals surface area contributed by atoms with E-state index in [2.05, 4.69) is 143 Å². The number of aryl methyl sites for hydroxylation is 1. The number of benzene rings is 6. The Morgan fingerprint density at radius 3 is 1.77 bits per heavy atom.